The van der Waals surface area contributed by atoms with Gasteiger partial charge in [0, 0.05) is 12.3 Å². The average Bonchev–Trinajstić information content (AvgIpc) is 2.68. The number of nitrogens with one attached hydrogen (secondary N) is 1. The summed E-state index contributed by atoms with van der Waals surface area (Å²) in [7, 11) is 0. The number of hydrogen-bond acceptors (Lipinski definition) is 7. The summed E-state index contributed by atoms with van der Waals surface area (Å²) in [5.41, 5.74) is -1.31. The molecule has 2 rings (SSSR count). The van der Waals surface area contributed by atoms with E-state index in [1.54, 1.807) is 0 Å². The first-order valence-electron chi connectivity index (χ1n) is 6.06. The van der Waals surface area contributed by atoms with E-state index >= 15 is 0 Å². The molecule has 4 atom stereocenters. The topological polar surface area (TPSA) is 134 Å². The predicted octanol–water partition coefficient (Wildman–Crippen LogP) is -2.84. The normalized spacial score (nSPS) is 29.8. The number of ether oxygens (including phenoxy) is 2. The molecule has 0 aliphatic carbocycles. The summed E-state index contributed by atoms with van der Waals surface area (Å²) in [6.07, 6.45) is -3.34. The van der Waals surface area contributed by atoms with Crippen LogP contribution >= 0.6 is 0 Å². The van der Waals surface area contributed by atoms with E-state index in [0.717, 1.165) is 10.6 Å². The van der Waals surface area contributed by atoms with Crippen LogP contribution in [0, 0.1) is 0 Å². The molecular formula is C11H16N2O7. The molecule has 0 aromatic carbocycles. The van der Waals surface area contributed by atoms with Gasteiger partial charge in [0.25, 0.3) is 5.56 Å². The Morgan fingerprint density at radius 1 is 1.35 bits per heavy atom. The van der Waals surface area contributed by atoms with Gasteiger partial charge < -0.3 is 24.8 Å². The van der Waals surface area contributed by atoms with Gasteiger partial charge in [0.2, 0.25) is 0 Å². The molecule has 0 unspecified atom stereocenters. The maximum atomic E-state index is 11.6. The molecule has 20 heavy (non-hydrogen) atoms. The summed E-state index contributed by atoms with van der Waals surface area (Å²) in [4.78, 5) is 24.6. The molecule has 1 aliphatic heterocycles. The van der Waals surface area contributed by atoms with Gasteiger partial charge >= 0.3 is 5.69 Å². The van der Waals surface area contributed by atoms with Gasteiger partial charge in [-0.3, -0.25) is 14.3 Å². The van der Waals surface area contributed by atoms with Crippen molar-refractivity contribution in [2.45, 2.75) is 24.5 Å². The molecule has 0 saturated carbocycles. The summed E-state index contributed by atoms with van der Waals surface area (Å²) in [5.74, 6) is 0. The van der Waals surface area contributed by atoms with Crippen LogP contribution in [-0.2, 0) is 9.47 Å². The number of aliphatic hydroxyl groups is 3. The van der Waals surface area contributed by atoms with E-state index in [1.807, 2.05) is 4.98 Å². The molecule has 0 spiro atoms. The third kappa shape index (κ3) is 2.97. The second kappa shape index (κ2) is 6.29. The van der Waals surface area contributed by atoms with Crippen molar-refractivity contribution < 1.29 is 24.8 Å². The van der Waals surface area contributed by atoms with Crippen LogP contribution in [0.15, 0.2) is 21.9 Å². The standard InChI is InChI=1S/C11H16N2O7/c14-3-4-19-5-6-8(16)9(17)10(20-6)13-2-1-7(15)12-11(13)18/h1-2,6,8-10,14,16-17H,3-5H2,(H,12,15,18)/t6-,8-,9-,10-/m1/s1. The number of aliphatic hydroxyl groups excluding tert-OH is 3. The minimum absolute atomic E-state index is 0.0343. The first kappa shape index (κ1) is 14.9. The number of hydrogen-bond donors (Lipinski definition) is 4. The van der Waals surface area contributed by atoms with Crippen LogP contribution in [0.5, 0.6) is 0 Å². The van der Waals surface area contributed by atoms with Gasteiger partial charge in [-0.1, -0.05) is 0 Å². The van der Waals surface area contributed by atoms with E-state index in [-0.39, 0.29) is 19.8 Å². The molecule has 112 valence electrons. The Morgan fingerprint density at radius 2 is 2.10 bits per heavy atom. The Balaban J connectivity index is 2.13. The molecule has 0 bridgehead atoms. The zero-order valence-corrected chi connectivity index (χ0v) is 10.5. The van der Waals surface area contributed by atoms with E-state index in [4.69, 9.17) is 14.6 Å². The van der Waals surface area contributed by atoms with Gasteiger partial charge in [0.1, 0.15) is 18.3 Å². The van der Waals surface area contributed by atoms with E-state index < -0.39 is 35.8 Å². The quantitative estimate of drug-likeness (QED) is 0.429. The van der Waals surface area contributed by atoms with E-state index in [9.17, 15) is 19.8 Å². The van der Waals surface area contributed by atoms with Crippen LogP contribution in [0.1, 0.15) is 6.23 Å². The predicted molar refractivity (Wildman–Crippen MR) is 65.2 cm³/mol. The summed E-state index contributed by atoms with van der Waals surface area (Å²) < 4.78 is 11.4. The maximum absolute atomic E-state index is 11.6. The van der Waals surface area contributed by atoms with Crippen LogP contribution in [0.25, 0.3) is 0 Å². The van der Waals surface area contributed by atoms with Crippen molar-refractivity contribution in [2.24, 2.45) is 0 Å². The van der Waals surface area contributed by atoms with Crippen molar-refractivity contribution in [3.8, 4) is 0 Å². The smallest absolute Gasteiger partial charge is 0.330 e. The van der Waals surface area contributed by atoms with Crippen molar-refractivity contribution in [1.29, 1.82) is 0 Å². The largest absolute Gasteiger partial charge is 0.394 e. The number of H-pyrrole nitrogens is 1. The van der Waals surface area contributed by atoms with Crippen molar-refractivity contribution in [3.63, 3.8) is 0 Å². The van der Waals surface area contributed by atoms with Crippen LogP contribution in [-0.4, -0.2) is 63.0 Å². The zero-order chi connectivity index (χ0) is 14.7. The van der Waals surface area contributed by atoms with Gasteiger partial charge in [-0.25, -0.2) is 4.79 Å². The van der Waals surface area contributed by atoms with Crippen molar-refractivity contribution in [1.82, 2.24) is 9.55 Å². The number of nitrogens with zero attached hydrogens (tertiary/aromatic N) is 1. The first-order valence-corrected chi connectivity index (χ1v) is 6.06. The average molecular weight is 288 g/mol. The van der Waals surface area contributed by atoms with Gasteiger partial charge in [-0.15, -0.1) is 0 Å². The van der Waals surface area contributed by atoms with E-state index in [2.05, 4.69) is 0 Å². The van der Waals surface area contributed by atoms with Crippen molar-refractivity contribution in [2.75, 3.05) is 19.8 Å². The van der Waals surface area contributed by atoms with Crippen molar-refractivity contribution in [3.05, 3.63) is 33.1 Å². The third-order valence-corrected chi connectivity index (χ3v) is 2.98. The maximum Gasteiger partial charge on any atom is 0.330 e. The van der Waals surface area contributed by atoms with E-state index in [1.165, 1.54) is 6.20 Å². The number of aromatic amines is 1. The molecule has 1 aromatic rings. The Labute approximate surface area is 113 Å². The lowest BCUT2D eigenvalue weighted by Gasteiger charge is -2.16. The van der Waals surface area contributed by atoms with E-state index in [0.29, 0.717) is 0 Å². The molecule has 9 nitrogen and oxygen atoms in total. The molecule has 1 saturated heterocycles. The zero-order valence-electron chi connectivity index (χ0n) is 10.5. The van der Waals surface area contributed by atoms with Crippen molar-refractivity contribution >= 4 is 0 Å². The lowest BCUT2D eigenvalue weighted by Crippen LogP contribution is -2.37. The monoisotopic (exact) mass is 288 g/mol. The second-order valence-corrected chi connectivity index (χ2v) is 4.36. The second-order valence-electron chi connectivity index (χ2n) is 4.36. The molecule has 9 heteroatoms. The Morgan fingerprint density at radius 3 is 2.75 bits per heavy atom. The van der Waals surface area contributed by atoms with Gasteiger partial charge in [-0.2, -0.15) is 0 Å². The lowest BCUT2D eigenvalue weighted by molar-refractivity contribution is -0.0712. The Kier molecular flexibility index (Phi) is 4.68. The highest BCUT2D eigenvalue weighted by atomic mass is 16.6. The molecule has 0 amide bonds. The Hall–Kier alpha value is -1.52. The minimum atomic E-state index is -1.33. The summed E-state index contributed by atoms with van der Waals surface area (Å²) in [6.45, 7) is -0.131. The number of aromatic nitrogens is 2. The van der Waals surface area contributed by atoms with Crippen LogP contribution in [0.2, 0.25) is 0 Å². The van der Waals surface area contributed by atoms with Crippen LogP contribution < -0.4 is 11.2 Å². The fourth-order valence-corrected chi connectivity index (χ4v) is 1.99. The highest BCUT2D eigenvalue weighted by Gasteiger charge is 2.44. The first-order chi connectivity index (χ1) is 9.54. The molecule has 2 heterocycles. The molecule has 1 fully saturated rings. The molecule has 1 aliphatic rings. The van der Waals surface area contributed by atoms with Crippen LogP contribution in [0.4, 0.5) is 0 Å². The highest BCUT2D eigenvalue weighted by Crippen LogP contribution is 2.28. The highest BCUT2D eigenvalue weighted by molar-refractivity contribution is 4.93. The molecule has 4 N–H and O–H groups in total. The fraction of sp³-hybridized carbons (Fsp3) is 0.636. The van der Waals surface area contributed by atoms with Gasteiger partial charge in [0.05, 0.1) is 19.8 Å². The summed E-state index contributed by atoms with van der Waals surface area (Å²) >= 11 is 0. The van der Waals surface area contributed by atoms with Crippen LogP contribution in [0.3, 0.4) is 0 Å². The third-order valence-electron chi connectivity index (χ3n) is 2.98. The van der Waals surface area contributed by atoms with Gasteiger partial charge in [0.15, 0.2) is 6.23 Å². The van der Waals surface area contributed by atoms with Gasteiger partial charge in [-0.05, 0) is 0 Å². The molecular weight excluding hydrogens is 272 g/mol. The summed E-state index contributed by atoms with van der Waals surface area (Å²) in [5, 5.41) is 28.3. The fourth-order valence-electron chi connectivity index (χ4n) is 1.99. The molecule has 1 aromatic heterocycles. The Bertz CT molecular complexity index is 554. The SMILES string of the molecule is O=c1ccn([C@@H]2O[C@H](COCCO)[C@@H](O)[C@H]2O)c(=O)[nH]1. The number of rotatable bonds is 5. The summed E-state index contributed by atoms with van der Waals surface area (Å²) in [6, 6.07) is 1.11. The molecule has 0 radical (unpaired) electrons. The minimum Gasteiger partial charge on any atom is -0.394 e. The lowest BCUT2D eigenvalue weighted by atomic mass is 10.1.